The Morgan fingerprint density at radius 2 is 1.77 bits per heavy atom. The van der Waals surface area contributed by atoms with Crippen LogP contribution >= 0.6 is 0 Å². The van der Waals surface area contributed by atoms with Crippen molar-refractivity contribution >= 4 is 5.78 Å². The summed E-state index contributed by atoms with van der Waals surface area (Å²) in [5.74, 6) is -0.484. The lowest BCUT2D eigenvalue weighted by Crippen LogP contribution is -2.62. The van der Waals surface area contributed by atoms with Crippen molar-refractivity contribution in [3.05, 3.63) is 0 Å². The fourth-order valence-electron chi connectivity index (χ4n) is 2.69. The van der Waals surface area contributed by atoms with Crippen LogP contribution in [0.3, 0.4) is 0 Å². The van der Waals surface area contributed by atoms with Crippen LogP contribution in [0.4, 0.5) is 0 Å². The number of carbonyl (C=O) groups excluding carboxylic acids is 1. The number of ketones is 1. The molecule has 1 saturated heterocycles. The summed E-state index contributed by atoms with van der Waals surface area (Å²) >= 11 is 0. The molecule has 0 saturated carbocycles. The summed E-state index contributed by atoms with van der Waals surface area (Å²) in [6.07, 6.45) is -3.10. The molecular formula is C16H31NO5. The molecule has 7 unspecified atom stereocenters. The van der Waals surface area contributed by atoms with E-state index in [1.807, 2.05) is 13.8 Å². The van der Waals surface area contributed by atoms with Gasteiger partial charge in [-0.2, -0.15) is 0 Å². The zero-order valence-electron chi connectivity index (χ0n) is 14.0. The predicted molar refractivity (Wildman–Crippen MR) is 83.5 cm³/mol. The Morgan fingerprint density at radius 3 is 2.32 bits per heavy atom. The molecule has 0 spiro atoms. The fraction of sp³-hybridized carbons (Fsp3) is 0.938. The first-order valence-corrected chi connectivity index (χ1v) is 8.30. The lowest BCUT2D eigenvalue weighted by molar-refractivity contribution is -0.219. The van der Waals surface area contributed by atoms with Gasteiger partial charge >= 0.3 is 0 Å². The Morgan fingerprint density at radius 1 is 1.14 bits per heavy atom. The molecule has 0 bridgehead atoms. The zero-order valence-corrected chi connectivity index (χ0v) is 14.0. The van der Waals surface area contributed by atoms with Crippen molar-refractivity contribution in [1.82, 2.24) is 5.32 Å². The highest BCUT2D eigenvalue weighted by atomic mass is 16.5. The molecule has 1 rings (SSSR count). The Kier molecular flexibility index (Phi) is 7.93. The van der Waals surface area contributed by atoms with E-state index in [4.69, 9.17) is 4.74 Å². The number of nitrogens with one attached hydrogen (secondary N) is 1. The molecule has 1 aliphatic rings. The van der Waals surface area contributed by atoms with Crippen molar-refractivity contribution in [3.8, 4) is 0 Å². The van der Waals surface area contributed by atoms with Gasteiger partial charge in [0.25, 0.3) is 0 Å². The van der Waals surface area contributed by atoms with Gasteiger partial charge in [-0.25, -0.2) is 0 Å². The van der Waals surface area contributed by atoms with Gasteiger partial charge in [-0.3, -0.25) is 4.79 Å². The van der Waals surface area contributed by atoms with Crippen LogP contribution < -0.4 is 5.32 Å². The van der Waals surface area contributed by atoms with Gasteiger partial charge in [-0.15, -0.1) is 0 Å². The van der Waals surface area contributed by atoms with Gasteiger partial charge in [0.2, 0.25) is 0 Å². The third-order valence-electron chi connectivity index (χ3n) is 4.48. The molecule has 7 atom stereocenters. The minimum absolute atomic E-state index is 0.229. The zero-order chi connectivity index (χ0) is 16.9. The van der Waals surface area contributed by atoms with E-state index in [1.54, 1.807) is 6.92 Å². The molecule has 6 heteroatoms. The lowest BCUT2D eigenvalue weighted by Gasteiger charge is -2.41. The smallest absolute Gasteiger partial charge is 0.167 e. The van der Waals surface area contributed by atoms with E-state index in [-0.39, 0.29) is 17.7 Å². The van der Waals surface area contributed by atoms with E-state index in [9.17, 15) is 20.1 Å². The second kappa shape index (κ2) is 8.93. The van der Waals surface area contributed by atoms with E-state index in [0.29, 0.717) is 13.0 Å². The van der Waals surface area contributed by atoms with Crippen LogP contribution in [0.15, 0.2) is 0 Å². The van der Waals surface area contributed by atoms with E-state index < -0.39 is 30.5 Å². The lowest BCUT2D eigenvalue weighted by atomic mass is 9.88. The number of aliphatic hydroxyl groups excluding tert-OH is 3. The Balaban J connectivity index is 2.71. The van der Waals surface area contributed by atoms with Crippen LogP contribution in [0, 0.1) is 5.92 Å². The molecule has 1 heterocycles. The largest absolute Gasteiger partial charge is 0.388 e. The van der Waals surface area contributed by atoms with Crippen LogP contribution in [-0.4, -0.2) is 64.2 Å². The number of Topliss-reactive ketones (excluding diaryl/α,β-unsaturated/α-hetero) is 1. The first-order valence-electron chi connectivity index (χ1n) is 8.30. The van der Waals surface area contributed by atoms with E-state index in [0.717, 1.165) is 12.8 Å². The Bertz CT molecular complexity index is 351. The number of ether oxygens (including phenoxy) is 1. The highest BCUT2D eigenvalue weighted by Crippen LogP contribution is 2.24. The van der Waals surface area contributed by atoms with Crippen molar-refractivity contribution in [2.24, 2.45) is 5.92 Å². The van der Waals surface area contributed by atoms with Crippen molar-refractivity contribution in [2.45, 2.75) is 83.5 Å². The van der Waals surface area contributed by atoms with Crippen molar-refractivity contribution < 1.29 is 24.9 Å². The molecule has 6 nitrogen and oxygen atoms in total. The summed E-state index contributed by atoms with van der Waals surface area (Å²) in [5, 5.41) is 33.3. The van der Waals surface area contributed by atoms with Gasteiger partial charge in [-0.05, 0) is 19.8 Å². The van der Waals surface area contributed by atoms with Crippen LogP contribution in [-0.2, 0) is 9.53 Å². The summed E-state index contributed by atoms with van der Waals surface area (Å²) in [4.78, 5) is 12.3. The van der Waals surface area contributed by atoms with Gasteiger partial charge in [0, 0.05) is 18.5 Å². The molecule has 0 aromatic rings. The molecular weight excluding hydrogens is 286 g/mol. The number of carbonyl (C=O) groups is 1. The van der Waals surface area contributed by atoms with Gasteiger partial charge in [0.15, 0.2) is 5.78 Å². The molecule has 130 valence electrons. The average Bonchev–Trinajstić information content (AvgIpc) is 2.50. The van der Waals surface area contributed by atoms with Crippen molar-refractivity contribution in [1.29, 1.82) is 0 Å². The van der Waals surface area contributed by atoms with E-state index in [1.165, 1.54) is 0 Å². The highest BCUT2D eigenvalue weighted by Gasteiger charge is 2.46. The van der Waals surface area contributed by atoms with E-state index >= 15 is 0 Å². The Hall–Kier alpha value is -0.530. The fourth-order valence-corrected chi connectivity index (χ4v) is 2.69. The quantitative estimate of drug-likeness (QED) is 0.511. The minimum atomic E-state index is -1.39. The van der Waals surface area contributed by atoms with Gasteiger partial charge < -0.3 is 25.4 Å². The molecule has 1 aliphatic heterocycles. The first kappa shape index (κ1) is 19.5. The van der Waals surface area contributed by atoms with Crippen molar-refractivity contribution in [3.63, 3.8) is 0 Å². The number of hydrogen-bond donors (Lipinski definition) is 4. The topological polar surface area (TPSA) is 99.0 Å². The molecule has 0 radical (unpaired) electrons. The van der Waals surface area contributed by atoms with Crippen LogP contribution in [0.5, 0.6) is 0 Å². The standard InChI is InChI=1S/C16H31NO5/c1-5-7-10(4)17-8-11-13(19)14(20)15(21)16(22-11)12(18)9(3)6-2/h9-11,13-17,19-21H,5-8H2,1-4H3. The molecule has 0 amide bonds. The van der Waals surface area contributed by atoms with Gasteiger partial charge in [-0.1, -0.05) is 27.2 Å². The summed E-state index contributed by atoms with van der Waals surface area (Å²) in [5.41, 5.74) is 0. The molecule has 0 aromatic heterocycles. The minimum Gasteiger partial charge on any atom is -0.388 e. The van der Waals surface area contributed by atoms with Gasteiger partial charge in [0.1, 0.15) is 24.4 Å². The maximum Gasteiger partial charge on any atom is 0.167 e. The predicted octanol–water partition coefficient (Wildman–Crippen LogP) is 0.230. The Labute approximate surface area is 132 Å². The van der Waals surface area contributed by atoms with Gasteiger partial charge in [0.05, 0.1) is 6.10 Å². The van der Waals surface area contributed by atoms with Crippen LogP contribution in [0.2, 0.25) is 0 Å². The maximum absolute atomic E-state index is 12.3. The summed E-state index contributed by atoms with van der Waals surface area (Å²) in [6.45, 7) is 8.11. The first-order chi connectivity index (χ1) is 10.3. The second-order valence-corrected chi connectivity index (χ2v) is 6.38. The third-order valence-corrected chi connectivity index (χ3v) is 4.48. The molecule has 1 fully saturated rings. The second-order valence-electron chi connectivity index (χ2n) is 6.38. The molecule has 4 N–H and O–H groups in total. The van der Waals surface area contributed by atoms with Crippen LogP contribution in [0.1, 0.15) is 47.0 Å². The monoisotopic (exact) mass is 317 g/mol. The highest BCUT2D eigenvalue weighted by molar-refractivity contribution is 5.86. The average molecular weight is 317 g/mol. The van der Waals surface area contributed by atoms with Crippen LogP contribution in [0.25, 0.3) is 0 Å². The van der Waals surface area contributed by atoms with Crippen molar-refractivity contribution in [2.75, 3.05) is 6.54 Å². The summed E-state index contributed by atoms with van der Waals surface area (Å²) in [6, 6.07) is 0.258. The maximum atomic E-state index is 12.3. The SMILES string of the molecule is CCCC(C)NCC1OC(C(=O)C(C)CC)C(O)C(O)C1O. The normalized spacial score (nSPS) is 35.1. The summed E-state index contributed by atoms with van der Waals surface area (Å²) < 4.78 is 5.62. The number of hydrogen-bond acceptors (Lipinski definition) is 6. The summed E-state index contributed by atoms with van der Waals surface area (Å²) in [7, 11) is 0. The van der Waals surface area contributed by atoms with E-state index in [2.05, 4.69) is 12.2 Å². The molecule has 0 aromatic carbocycles. The number of rotatable bonds is 8. The third kappa shape index (κ3) is 4.73. The molecule has 22 heavy (non-hydrogen) atoms. The number of aliphatic hydroxyl groups is 3. The molecule has 0 aliphatic carbocycles.